The molecule has 0 aliphatic rings. The van der Waals surface area contributed by atoms with Crippen molar-refractivity contribution in [2.24, 2.45) is 0 Å². The molecule has 0 bridgehead atoms. The number of hydrogen-bond acceptors (Lipinski definition) is 5. The van der Waals surface area contributed by atoms with E-state index < -0.39 is 17.9 Å². The van der Waals surface area contributed by atoms with Gasteiger partial charge in [-0.3, -0.25) is 9.59 Å². The van der Waals surface area contributed by atoms with Crippen LogP contribution in [0.1, 0.15) is 22.3 Å². The first-order valence-electron chi connectivity index (χ1n) is 6.58. The van der Waals surface area contributed by atoms with Gasteiger partial charge in [-0.1, -0.05) is 0 Å². The summed E-state index contributed by atoms with van der Waals surface area (Å²) in [7, 11) is 1.59. The van der Waals surface area contributed by atoms with Crippen LogP contribution in [0.3, 0.4) is 0 Å². The first-order valence-corrected chi connectivity index (χ1v) is 7.39. The lowest BCUT2D eigenvalue weighted by Crippen LogP contribution is -2.38. The summed E-state index contributed by atoms with van der Waals surface area (Å²) in [5, 5.41) is 12.0. The fourth-order valence-corrected chi connectivity index (χ4v) is 2.76. The number of carbonyl (C=O) groups excluding carboxylic acids is 1. The van der Waals surface area contributed by atoms with E-state index in [1.54, 1.807) is 14.0 Å². The van der Waals surface area contributed by atoms with Crippen molar-refractivity contribution in [1.82, 2.24) is 10.3 Å². The maximum atomic E-state index is 12.1. The van der Waals surface area contributed by atoms with Gasteiger partial charge in [0.15, 0.2) is 0 Å². The molecule has 1 aromatic carbocycles. The van der Waals surface area contributed by atoms with Crippen molar-refractivity contribution in [1.29, 1.82) is 0 Å². The molecular formula is C15H16N2O4S. The van der Waals surface area contributed by atoms with Crippen LogP contribution in [0.5, 0.6) is 5.75 Å². The topological polar surface area (TPSA) is 88.5 Å². The van der Waals surface area contributed by atoms with Gasteiger partial charge in [-0.2, -0.15) is 0 Å². The fourth-order valence-electron chi connectivity index (χ4n) is 1.79. The number of nitrogens with zero attached hydrogens (tertiary/aromatic N) is 1. The van der Waals surface area contributed by atoms with E-state index in [1.165, 1.54) is 18.3 Å². The summed E-state index contributed by atoms with van der Waals surface area (Å²) in [6.45, 7) is 3.14. The van der Waals surface area contributed by atoms with E-state index in [1.807, 2.05) is 24.3 Å². The Morgan fingerprint density at radius 3 is 2.50 bits per heavy atom. The minimum atomic E-state index is -1.08. The van der Waals surface area contributed by atoms with Gasteiger partial charge in [0.2, 0.25) is 0 Å². The number of nitrogens with one attached hydrogen (secondary N) is 1. The maximum absolute atomic E-state index is 12.1. The summed E-state index contributed by atoms with van der Waals surface area (Å²) < 4.78 is 5.10. The fraction of sp³-hybridized carbons (Fsp3) is 0.267. The molecule has 0 aliphatic heterocycles. The zero-order valence-electron chi connectivity index (χ0n) is 12.4. The lowest BCUT2D eigenvalue weighted by atomic mass is 10.2. The lowest BCUT2D eigenvalue weighted by molar-refractivity contribution is -0.138. The van der Waals surface area contributed by atoms with Crippen LogP contribution in [0.25, 0.3) is 10.6 Å². The molecule has 0 radical (unpaired) electrons. The molecule has 7 heteroatoms. The van der Waals surface area contributed by atoms with Gasteiger partial charge in [0.25, 0.3) is 5.91 Å². The number of hydrogen-bond donors (Lipinski definition) is 2. The number of carbonyl (C=O) groups is 2. The van der Waals surface area contributed by atoms with E-state index in [2.05, 4.69) is 10.3 Å². The van der Waals surface area contributed by atoms with E-state index in [9.17, 15) is 9.59 Å². The van der Waals surface area contributed by atoms with E-state index in [4.69, 9.17) is 9.84 Å². The number of ether oxygens (including phenoxy) is 1. The average Bonchev–Trinajstić information content (AvgIpc) is 2.89. The molecule has 1 aromatic heterocycles. The summed E-state index contributed by atoms with van der Waals surface area (Å²) >= 11 is 1.23. The van der Waals surface area contributed by atoms with E-state index >= 15 is 0 Å². The van der Waals surface area contributed by atoms with E-state index in [0.29, 0.717) is 15.6 Å². The number of aromatic nitrogens is 1. The molecule has 0 spiro atoms. The summed E-state index contributed by atoms with van der Waals surface area (Å²) in [5.41, 5.74) is 1.45. The van der Waals surface area contributed by atoms with Crippen molar-refractivity contribution in [3.63, 3.8) is 0 Å². The summed E-state index contributed by atoms with van der Waals surface area (Å²) in [6, 6.07) is 6.41. The van der Waals surface area contributed by atoms with Crippen LogP contribution in [0.4, 0.5) is 0 Å². The lowest BCUT2D eigenvalue weighted by Gasteiger charge is -2.07. The van der Waals surface area contributed by atoms with Gasteiger partial charge in [-0.15, -0.1) is 11.3 Å². The van der Waals surface area contributed by atoms with Gasteiger partial charge in [0, 0.05) is 5.56 Å². The number of methoxy groups -OCH3 is 1. The zero-order chi connectivity index (χ0) is 16.3. The standard InChI is InChI=1S/C15H16N2O4S/c1-8-12(13(18)16-9(2)15(19)20)22-14(17-8)10-4-6-11(21-3)7-5-10/h4-7,9H,1-3H3,(H,16,18)(H,19,20). The van der Waals surface area contributed by atoms with Crippen molar-refractivity contribution in [2.75, 3.05) is 7.11 Å². The molecule has 2 rings (SSSR count). The summed E-state index contributed by atoms with van der Waals surface area (Å²) in [6.07, 6.45) is 0. The van der Waals surface area contributed by atoms with Crippen molar-refractivity contribution in [2.45, 2.75) is 19.9 Å². The second kappa shape index (κ2) is 6.57. The number of carboxylic acids is 1. The number of aryl methyl sites for hydroxylation is 1. The summed E-state index contributed by atoms with van der Waals surface area (Å²) in [4.78, 5) is 27.7. The molecule has 0 saturated heterocycles. The van der Waals surface area contributed by atoms with E-state index in [0.717, 1.165) is 11.3 Å². The molecular weight excluding hydrogens is 304 g/mol. The Morgan fingerprint density at radius 2 is 1.95 bits per heavy atom. The quantitative estimate of drug-likeness (QED) is 0.882. The SMILES string of the molecule is COc1ccc(-c2nc(C)c(C(=O)NC(C)C(=O)O)s2)cc1. The van der Waals surface area contributed by atoms with Crippen molar-refractivity contribution in [3.05, 3.63) is 34.8 Å². The first-order chi connectivity index (χ1) is 10.4. The number of thiazole rings is 1. The zero-order valence-corrected chi connectivity index (χ0v) is 13.2. The van der Waals surface area contributed by atoms with Gasteiger partial charge in [-0.05, 0) is 38.1 Å². The van der Waals surface area contributed by atoms with Crippen LogP contribution in [-0.4, -0.2) is 35.1 Å². The van der Waals surface area contributed by atoms with Gasteiger partial charge in [0.1, 0.15) is 21.7 Å². The Kier molecular flexibility index (Phi) is 4.77. The van der Waals surface area contributed by atoms with Crippen molar-refractivity contribution < 1.29 is 19.4 Å². The Labute approximate surface area is 131 Å². The highest BCUT2D eigenvalue weighted by Gasteiger charge is 2.20. The number of amides is 1. The predicted octanol–water partition coefficient (Wildman–Crippen LogP) is 2.33. The van der Waals surface area contributed by atoms with Gasteiger partial charge in [-0.25, -0.2) is 4.98 Å². The van der Waals surface area contributed by atoms with E-state index in [-0.39, 0.29) is 0 Å². The third kappa shape index (κ3) is 3.43. The van der Waals surface area contributed by atoms with Gasteiger partial charge >= 0.3 is 5.97 Å². The Balaban J connectivity index is 2.23. The van der Waals surface area contributed by atoms with Crippen LogP contribution >= 0.6 is 11.3 Å². The maximum Gasteiger partial charge on any atom is 0.325 e. The number of benzene rings is 1. The summed E-state index contributed by atoms with van der Waals surface area (Å²) in [5.74, 6) is -0.763. The molecule has 1 atom stereocenters. The first kappa shape index (κ1) is 16.0. The minimum absolute atomic E-state index is 0.416. The highest BCUT2D eigenvalue weighted by atomic mass is 32.1. The average molecular weight is 320 g/mol. The van der Waals surface area contributed by atoms with Crippen LogP contribution < -0.4 is 10.1 Å². The number of rotatable bonds is 5. The highest BCUT2D eigenvalue weighted by molar-refractivity contribution is 7.17. The van der Waals surface area contributed by atoms with Crippen LogP contribution in [0.15, 0.2) is 24.3 Å². The molecule has 0 saturated carbocycles. The third-order valence-corrected chi connectivity index (χ3v) is 4.26. The highest BCUT2D eigenvalue weighted by Crippen LogP contribution is 2.29. The second-order valence-corrected chi connectivity index (χ2v) is 5.69. The Morgan fingerprint density at radius 1 is 1.32 bits per heavy atom. The molecule has 1 amide bonds. The van der Waals surface area contributed by atoms with Gasteiger partial charge < -0.3 is 15.2 Å². The molecule has 2 N–H and O–H groups in total. The molecule has 116 valence electrons. The molecule has 2 aromatic rings. The third-order valence-electron chi connectivity index (χ3n) is 3.06. The predicted molar refractivity (Wildman–Crippen MR) is 83.4 cm³/mol. The Bertz CT molecular complexity index is 694. The van der Waals surface area contributed by atoms with Crippen molar-refractivity contribution >= 4 is 23.2 Å². The second-order valence-electron chi connectivity index (χ2n) is 4.70. The minimum Gasteiger partial charge on any atom is -0.497 e. The molecule has 22 heavy (non-hydrogen) atoms. The van der Waals surface area contributed by atoms with Crippen LogP contribution in [-0.2, 0) is 4.79 Å². The molecule has 0 aliphatic carbocycles. The van der Waals surface area contributed by atoms with Crippen LogP contribution in [0, 0.1) is 6.92 Å². The molecule has 1 unspecified atom stereocenters. The smallest absolute Gasteiger partial charge is 0.325 e. The largest absolute Gasteiger partial charge is 0.497 e. The van der Waals surface area contributed by atoms with Crippen molar-refractivity contribution in [3.8, 4) is 16.3 Å². The molecule has 1 heterocycles. The normalized spacial score (nSPS) is 11.8. The molecule has 6 nitrogen and oxygen atoms in total. The Hall–Kier alpha value is -2.41. The number of aliphatic carboxylic acids is 1. The van der Waals surface area contributed by atoms with Crippen LogP contribution in [0.2, 0.25) is 0 Å². The monoisotopic (exact) mass is 320 g/mol. The van der Waals surface area contributed by atoms with Gasteiger partial charge in [0.05, 0.1) is 12.8 Å². The molecule has 0 fully saturated rings. The number of carboxylic acid groups (broad SMARTS) is 1.